The Labute approximate surface area is 86.0 Å². The summed E-state index contributed by atoms with van der Waals surface area (Å²) in [6.07, 6.45) is 5.60. The minimum atomic E-state index is 0.325. The fraction of sp³-hybridized carbons (Fsp3) is 0.833. The predicted octanol–water partition coefficient (Wildman–Crippen LogP) is 3.12. The Morgan fingerprint density at radius 1 is 1.57 bits per heavy atom. The van der Waals surface area contributed by atoms with Crippen LogP contribution in [0, 0.1) is 5.92 Å². The molecule has 2 rings (SSSR count). The molecule has 0 radical (unpaired) electrons. The van der Waals surface area contributed by atoms with Gasteiger partial charge in [0.15, 0.2) is 0 Å². The van der Waals surface area contributed by atoms with E-state index in [0.29, 0.717) is 5.54 Å². The molecule has 0 aliphatic carbocycles. The molecule has 0 saturated carbocycles. The molecule has 0 unspecified atom stereocenters. The molecule has 14 heavy (non-hydrogen) atoms. The number of rotatable bonds is 2. The van der Waals surface area contributed by atoms with Crippen LogP contribution in [0.5, 0.6) is 0 Å². The third kappa shape index (κ3) is 1.60. The third-order valence-corrected chi connectivity index (χ3v) is 3.63. The maximum atomic E-state index is 12.5. The van der Waals surface area contributed by atoms with E-state index in [1.165, 1.54) is 25.8 Å². The van der Waals surface area contributed by atoms with Gasteiger partial charge in [-0.2, -0.15) is 0 Å². The number of hydrogen-bond acceptors (Lipinski definition) is 1. The van der Waals surface area contributed by atoms with Crippen LogP contribution >= 0.6 is 0 Å². The summed E-state index contributed by atoms with van der Waals surface area (Å²) in [4.78, 5) is 2.50. The highest BCUT2D eigenvalue weighted by Gasteiger charge is 2.46. The van der Waals surface area contributed by atoms with Gasteiger partial charge in [-0.15, -0.1) is 0 Å². The highest BCUT2D eigenvalue weighted by molar-refractivity contribution is 5.18. The Kier molecular flexibility index (Phi) is 2.65. The van der Waals surface area contributed by atoms with Gasteiger partial charge in [0.1, 0.15) is 0 Å². The van der Waals surface area contributed by atoms with E-state index in [2.05, 4.69) is 18.7 Å². The standard InChI is InChI=1S/C12H20FN/c1-10(2)6-12-4-3-5-14(12)9-11(7-12)8-13/h8,10H,3-7,9H2,1-2H3/b11-8-/t12-/m0/s1. The third-order valence-electron chi connectivity index (χ3n) is 3.63. The lowest BCUT2D eigenvalue weighted by molar-refractivity contribution is 0.163. The normalized spacial score (nSPS) is 35.9. The van der Waals surface area contributed by atoms with Crippen molar-refractivity contribution in [3.05, 3.63) is 11.9 Å². The zero-order chi connectivity index (χ0) is 10.2. The van der Waals surface area contributed by atoms with Crippen molar-refractivity contribution in [1.29, 1.82) is 0 Å². The van der Waals surface area contributed by atoms with Gasteiger partial charge in [-0.3, -0.25) is 4.90 Å². The quantitative estimate of drug-likeness (QED) is 0.657. The molecule has 2 heteroatoms. The summed E-state index contributed by atoms with van der Waals surface area (Å²) in [6.45, 7) is 6.58. The Morgan fingerprint density at radius 2 is 2.36 bits per heavy atom. The van der Waals surface area contributed by atoms with Crippen LogP contribution in [-0.2, 0) is 0 Å². The molecule has 0 aromatic heterocycles. The second-order valence-electron chi connectivity index (χ2n) is 5.29. The molecular weight excluding hydrogens is 177 g/mol. The van der Waals surface area contributed by atoms with Crippen LogP contribution in [0.15, 0.2) is 11.9 Å². The highest BCUT2D eigenvalue weighted by Crippen LogP contribution is 2.45. The average Bonchev–Trinajstić information content (AvgIpc) is 2.58. The topological polar surface area (TPSA) is 3.24 Å². The van der Waals surface area contributed by atoms with Crippen molar-refractivity contribution in [2.24, 2.45) is 5.92 Å². The summed E-state index contributed by atoms with van der Waals surface area (Å²) >= 11 is 0. The lowest BCUT2D eigenvalue weighted by Gasteiger charge is -2.33. The largest absolute Gasteiger partial charge is 0.293 e. The molecular formula is C12H20FN. The molecule has 1 nitrogen and oxygen atoms in total. The van der Waals surface area contributed by atoms with E-state index in [-0.39, 0.29) is 0 Å². The van der Waals surface area contributed by atoms with E-state index < -0.39 is 0 Å². The smallest absolute Gasteiger partial charge is 0.0872 e. The molecule has 2 aliphatic heterocycles. The molecule has 2 aliphatic rings. The number of halogens is 1. The first-order valence-corrected chi connectivity index (χ1v) is 5.69. The van der Waals surface area contributed by atoms with Crippen LogP contribution in [0.4, 0.5) is 4.39 Å². The fourth-order valence-electron chi connectivity index (χ4n) is 3.30. The first-order valence-electron chi connectivity index (χ1n) is 5.69. The lowest BCUT2D eigenvalue weighted by Crippen LogP contribution is -2.39. The summed E-state index contributed by atoms with van der Waals surface area (Å²) < 4.78 is 12.5. The molecule has 0 N–H and O–H groups in total. The second-order valence-corrected chi connectivity index (χ2v) is 5.29. The number of fused-ring (bicyclic) bond motifs is 1. The zero-order valence-electron chi connectivity index (χ0n) is 9.22. The minimum Gasteiger partial charge on any atom is -0.293 e. The lowest BCUT2D eigenvalue weighted by atomic mass is 9.84. The summed E-state index contributed by atoms with van der Waals surface area (Å²) in [5, 5.41) is 0. The van der Waals surface area contributed by atoms with Crippen LogP contribution in [0.25, 0.3) is 0 Å². The van der Waals surface area contributed by atoms with Gasteiger partial charge in [0.05, 0.1) is 6.33 Å². The predicted molar refractivity (Wildman–Crippen MR) is 56.8 cm³/mol. The molecule has 0 aromatic rings. The van der Waals surface area contributed by atoms with Crippen molar-refractivity contribution >= 4 is 0 Å². The second kappa shape index (κ2) is 3.65. The zero-order valence-corrected chi connectivity index (χ0v) is 9.22. The van der Waals surface area contributed by atoms with Gasteiger partial charge < -0.3 is 0 Å². The molecule has 2 saturated heterocycles. The van der Waals surface area contributed by atoms with Crippen LogP contribution in [-0.4, -0.2) is 23.5 Å². The van der Waals surface area contributed by atoms with E-state index >= 15 is 0 Å². The summed E-state index contributed by atoms with van der Waals surface area (Å²) in [5.41, 5.74) is 1.33. The molecule has 2 heterocycles. The molecule has 0 spiro atoms. The van der Waals surface area contributed by atoms with E-state index in [0.717, 1.165) is 30.8 Å². The van der Waals surface area contributed by atoms with E-state index in [4.69, 9.17) is 0 Å². The van der Waals surface area contributed by atoms with E-state index in [1.54, 1.807) is 0 Å². The van der Waals surface area contributed by atoms with Crippen LogP contribution in [0.1, 0.15) is 39.5 Å². The van der Waals surface area contributed by atoms with Gasteiger partial charge in [0.25, 0.3) is 0 Å². The van der Waals surface area contributed by atoms with Gasteiger partial charge in [0.2, 0.25) is 0 Å². The van der Waals surface area contributed by atoms with Crippen LogP contribution in [0.3, 0.4) is 0 Å². The van der Waals surface area contributed by atoms with Crippen LogP contribution in [0.2, 0.25) is 0 Å². The molecule has 1 atom stereocenters. The van der Waals surface area contributed by atoms with Crippen molar-refractivity contribution < 1.29 is 4.39 Å². The monoisotopic (exact) mass is 197 g/mol. The first kappa shape index (κ1) is 10.2. The van der Waals surface area contributed by atoms with Gasteiger partial charge in [-0.1, -0.05) is 13.8 Å². The highest BCUT2D eigenvalue weighted by atomic mass is 19.1. The molecule has 80 valence electrons. The Balaban J connectivity index is 2.14. The van der Waals surface area contributed by atoms with Crippen molar-refractivity contribution in [2.45, 2.75) is 45.1 Å². The summed E-state index contributed by atoms with van der Waals surface area (Å²) in [6, 6.07) is 0. The maximum Gasteiger partial charge on any atom is 0.0872 e. The summed E-state index contributed by atoms with van der Waals surface area (Å²) in [7, 11) is 0. The fourth-order valence-corrected chi connectivity index (χ4v) is 3.30. The average molecular weight is 197 g/mol. The Bertz CT molecular complexity index is 247. The van der Waals surface area contributed by atoms with Gasteiger partial charge in [-0.05, 0) is 43.7 Å². The molecule has 2 fully saturated rings. The van der Waals surface area contributed by atoms with E-state index in [1.807, 2.05) is 0 Å². The first-order chi connectivity index (χ1) is 6.66. The van der Waals surface area contributed by atoms with Gasteiger partial charge in [-0.25, -0.2) is 4.39 Å². The minimum absolute atomic E-state index is 0.325. The van der Waals surface area contributed by atoms with Gasteiger partial charge in [0, 0.05) is 12.1 Å². The molecule has 0 amide bonds. The Morgan fingerprint density at radius 3 is 3.00 bits per heavy atom. The molecule has 0 aromatic carbocycles. The van der Waals surface area contributed by atoms with Crippen molar-refractivity contribution in [3.8, 4) is 0 Å². The number of hydrogen-bond donors (Lipinski definition) is 0. The Hall–Kier alpha value is -0.370. The summed E-state index contributed by atoms with van der Waals surface area (Å²) in [5.74, 6) is 0.717. The van der Waals surface area contributed by atoms with Crippen molar-refractivity contribution in [1.82, 2.24) is 4.90 Å². The SMILES string of the molecule is CC(C)C[C@]12CCCN1C/C(=C\F)C2. The van der Waals surface area contributed by atoms with Crippen molar-refractivity contribution in [2.75, 3.05) is 13.1 Å². The number of nitrogens with zero attached hydrogens (tertiary/aromatic N) is 1. The molecule has 0 bridgehead atoms. The van der Waals surface area contributed by atoms with E-state index in [9.17, 15) is 4.39 Å². The maximum absolute atomic E-state index is 12.5. The van der Waals surface area contributed by atoms with Crippen molar-refractivity contribution in [3.63, 3.8) is 0 Å². The van der Waals surface area contributed by atoms with Gasteiger partial charge >= 0.3 is 0 Å². The van der Waals surface area contributed by atoms with Crippen LogP contribution < -0.4 is 0 Å².